The summed E-state index contributed by atoms with van der Waals surface area (Å²) in [7, 11) is 0. The lowest BCUT2D eigenvalue weighted by Gasteiger charge is -2.48. The molecule has 6 aliphatic rings. The molecule has 4 bridgehead atoms. The highest BCUT2D eigenvalue weighted by Gasteiger charge is 2.60. The second kappa shape index (κ2) is 14.3. The van der Waals surface area contributed by atoms with Gasteiger partial charge in [-0.3, -0.25) is 9.59 Å². The quantitative estimate of drug-likeness (QED) is 0.240. The monoisotopic (exact) mass is 635 g/mol. The van der Waals surface area contributed by atoms with Gasteiger partial charge in [-0.15, -0.1) is 0 Å². The Morgan fingerprint density at radius 2 is 1.30 bits per heavy atom. The average Bonchev–Trinajstić information content (AvgIpc) is 3.86. The van der Waals surface area contributed by atoms with Crippen LogP contribution < -0.4 is 5.32 Å². The molecule has 1 aromatic carbocycles. The van der Waals surface area contributed by atoms with E-state index in [4.69, 9.17) is 14.2 Å². The fraction of sp³-hybridized carbons (Fsp3) is 0.769. The first-order valence-electron chi connectivity index (χ1n) is 18.6. The van der Waals surface area contributed by atoms with Crippen molar-refractivity contribution in [1.82, 2.24) is 5.32 Å². The van der Waals surface area contributed by atoms with Crippen molar-refractivity contribution in [2.24, 2.45) is 52.3 Å². The lowest BCUT2D eigenvalue weighted by Crippen LogP contribution is -2.54. The summed E-state index contributed by atoms with van der Waals surface area (Å²) in [5.41, 5.74) is 1.52. The summed E-state index contributed by atoms with van der Waals surface area (Å²) in [5.74, 6) is 4.00. The molecule has 0 heterocycles. The second-order valence-electron chi connectivity index (χ2n) is 15.6. The van der Waals surface area contributed by atoms with Gasteiger partial charge < -0.3 is 19.5 Å². The number of alkyl carbamates (subject to hydrolysis) is 1. The maximum Gasteiger partial charge on any atom is 0.407 e. The van der Waals surface area contributed by atoms with E-state index in [1.807, 2.05) is 44.2 Å². The zero-order valence-corrected chi connectivity index (χ0v) is 28.5. The molecule has 7 nitrogen and oxygen atoms in total. The summed E-state index contributed by atoms with van der Waals surface area (Å²) >= 11 is 0. The molecule has 2 spiro atoms. The first-order valence-corrected chi connectivity index (χ1v) is 18.6. The van der Waals surface area contributed by atoms with E-state index in [-0.39, 0.29) is 47.9 Å². The van der Waals surface area contributed by atoms with Crippen LogP contribution in [0.2, 0.25) is 0 Å². The van der Waals surface area contributed by atoms with E-state index in [2.05, 4.69) is 12.2 Å². The van der Waals surface area contributed by atoms with Gasteiger partial charge in [0.2, 0.25) is 0 Å². The number of hydrogen-bond acceptors (Lipinski definition) is 6. The topological polar surface area (TPSA) is 90.9 Å². The van der Waals surface area contributed by atoms with Crippen molar-refractivity contribution >= 4 is 18.0 Å². The molecule has 6 saturated carbocycles. The molecule has 0 unspecified atom stereocenters. The van der Waals surface area contributed by atoms with Crippen molar-refractivity contribution in [3.63, 3.8) is 0 Å². The number of esters is 2. The zero-order chi connectivity index (χ0) is 32.3. The molecule has 7 rings (SSSR count). The van der Waals surface area contributed by atoms with Gasteiger partial charge in [0, 0.05) is 6.04 Å². The van der Waals surface area contributed by atoms with Gasteiger partial charge in [0.15, 0.2) is 0 Å². The normalized spacial score (nSPS) is 38.7. The molecule has 254 valence electrons. The summed E-state index contributed by atoms with van der Waals surface area (Å²) in [5, 5.41) is 3.22. The third-order valence-electron chi connectivity index (χ3n) is 13.6. The molecule has 6 aliphatic carbocycles. The number of hydrogen-bond donors (Lipinski definition) is 1. The van der Waals surface area contributed by atoms with Gasteiger partial charge in [-0.25, -0.2) is 4.79 Å². The molecule has 0 aliphatic heterocycles. The number of benzene rings is 1. The fourth-order valence-corrected chi connectivity index (χ4v) is 11.6. The highest BCUT2D eigenvalue weighted by Crippen LogP contribution is 2.66. The van der Waals surface area contributed by atoms with E-state index in [9.17, 15) is 14.4 Å². The smallest absolute Gasteiger partial charge is 0.407 e. The summed E-state index contributed by atoms with van der Waals surface area (Å²) in [6, 6.07) is 9.87. The molecule has 0 saturated heterocycles. The minimum absolute atomic E-state index is 0.0299. The van der Waals surface area contributed by atoms with Gasteiger partial charge in [-0.1, -0.05) is 50.1 Å². The van der Waals surface area contributed by atoms with E-state index in [0.717, 1.165) is 61.8 Å². The van der Waals surface area contributed by atoms with Crippen LogP contribution in [0.15, 0.2) is 30.3 Å². The number of rotatable bonds is 7. The molecule has 1 aromatic rings. The van der Waals surface area contributed by atoms with Crippen molar-refractivity contribution in [2.45, 2.75) is 123 Å². The fourth-order valence-electron chi connectivity index (χ4n) is 11.6. The lowest BCUT2D eigenvalue weighted by molar-refractivity contribution is -0.153. The van der Waals surface area contributed by atoms with Crippen molar-refractivity contribution < 1.29 is 28.6 Å². The second-order valence-corrected chi connectivity index (χ2v) is 15.6. The number of fused-ring (bicyclic) bond motifs is 6. The van der Waals surface area contributed by atoms with Crippen LogP contribution >= 0.6 is 0 Å². The highest BCUT2D eigenvalue weighted by atomic mass is 16.5. The Morgan fingerprint density at radius 3 is 1.91 bits per heavy atom. The Bertz CT molecular complexity index is 1220. The molecule has 1 N–H and O–H groups in total. The van der Waals surface area contributed by atoms with Gasteiger partial charge in [0.05, 0.1) is 25.0 Å². The predicted molar refractivity (Wildman–Crippen MR) is 176 cm³/mol. The lowest BCUT2D eigenvalue weighted by atomic mass is 9.57. The minimum Gasteiger partial charge on any atom is -0.466 e. The van der Waals surface area contributed by atoms with Crippen LogP contribution in [-0.2, 0) is 30.4 Å². The minimum atomic E-state index is -0.334. The van der Waals surface area contributed by atoms with Crippen LogP contribution in [-0.4, -0.2) is 37.3 Å². The molecule has 0 aromatic heterocycles. The molecule has 7 heteroatoms. The number of amides is 1. The van der Waals surface area contributed by atoms with E-state index < -0.39 is 0 Å². The van der Waals surface area contributed by atoms with Gasteiger partial charge in [-0.2, -0.15) is 0 Å². The Labute approximate surface area is 276 Å². The van der Waals surface area contributed by atoms with Crippen LogP contribution in [0.3, 0.4) is 0 Å². The Kier molecular flexibility index (Phi) is 10.3. The Morgan fingerprint density at radius 1 is 0.739 bits per heavy atom. The average molecular weight is 636 g/mol. The van der Waals surface area contributed by atoms with Crippen molar-refractivity contribution in [3.05, 3.63) is 35.9 Å². The van der Waals surface area contributed by atoms with Crippen molar-refractivity contribution in [1.29, 1.82) is 0 Å². The van der Waals surface area contributed by atoms with Crippen LogP contribution in [0.25, 0.3) is 0 Å². The zero-order valence-electron chi connectivity index (χ0n) is 28.5. The number of ether oxygens (including phenoxy) is 3. The van der Waals surface area contributed by atoms with Gasteiger partial charge in [0.1, 0.15) is 6.61 Å². The maximum absolute atomic E-state index is 12.6. The first-order chi connectivity index (χ1) is 22.3. The first kappa shape index (κ1) is 33.3. The molecular weight excluding hydrogens is 578 g/mol. The van der Waals surface area contributed by atoms with Crippen LogP contribution in [0, 0.1) is 52.3 Å². The van der Waals surface area contributed by atoms with Gasteiger partial charge in [0.25, 0.3) is 0 Å². The largest absolute Gasteiger partial charge is 0.466 e. The molecule has 46 heavy (non-hydrogen) atoms. The maximum atomic E-state index is 12.6. The Hall–Kier alpha value is -2.57. The molecule has 1 amide bonds. The van der Waals surface area contributed by atoms with Gasteiger partial charge in [-0.05, 0) is 137 Å². The van der Waals surface area contributed by atoms with Crippen LogP contribution in [0.5, 0.6) is 0 Å². The van der Waals surface area contributed by atoms with Crippen molar-refractivity contribution in [2.75, 3.05) is 13.2 Å². The van der Waals surface area contributed by atoms with Crippen molar-refractivity contribution in [3.8, 4) is 0 Å². The number of nitrogens with one attached hydrogen (secondary N) is 1. The van der Waals surface area contributed by atoms with Gasteiger partial charge >= 0.3 is 18.0 Å². The summed E-state index contributed by atoms with van der Waals surface area (Å²) < 4.78 is 16.1. The third-order valence-corrected chi connectivity index (χ3v) is 13.6. The van der Waals surface area contributed by atoms with E-state index in [0.29, 0.717) is 30.5 Å². The summed E-state index contributed by atoms with van der Waals surface area (Å²) in [4.78, 5) is 37.0. The third kappa shape index (κ3) is 6.45. The molecule has 6 fully saturated rings. The number of carbonyl (C=O) groups excluding carboxylic acids is 3. The summed E-state index contributed by atoms with van der Waals surface area (Å²) in [6.45, 7) is 7.48. The SMILES string of the molecule is CCOC(=O)[C@@H]1CCC[C@@]2(C1)[C@H]1CC[C@H](C1)[C@H]2NC(=O)OCc1ccccc1.CCOC(=O)[C@H]1CCC[C@]2(C1)[C@@H]1CC[C@@H](C1)[C@@H]2C. The predicted octanol–water partition coefficient (Wildman–Crippen LogP) is 8.24. The van der Waals surface area contributed by atoms with E-state index >= 15 is 0 Å². The van der Waals surface area contributed by atoms with Crippen LogP contribution in [0.4, 0.5) is 4.79 Å². The molecular formula is C39H57NO6. The molecule has 0 radical (unpaired) electrons. The highest BCUT2D eigenvalue weighted by molar-refractivity contribution is 5.73. The molecule has 10 atom stereocenters. The van der Waals surface area contributed by atoms with E-state index in [1.165, 1.54) is 51.4 Å². The Balaban J connectivity index is 0.000000178. The standard InChI is InChI=1S/C23H31NO4.C16H26O2/c1-2-27-21(25)18-9-6-12-23(14-18)19-11-10-17(13-19)20(23)24-22(26)28-15-16-7-4-3-5-8-16;1-3-18-15(17)13-5-4-8-16(10-13)11(2)12-6-7-14(16)9-12/h3-5,7-8,17-20H,2,6,9-15H2,1H3,(H,24,26);11-14H,3-10H2,1-2H3/t17-,18-,19+,20-,23-;11-,12-,13-,14+,16+/m10/s1. The van der Waals surface area contributed by atoms with Crippen LogP contribution in [0.1, 0.15) is 116 Å². The van der Waals surface area contributed by atoms with E-state index in [1.54, 1.807) is 0 Å². The number of carbonyl (C=O) groups is 3. The summed E-state index contributed by atoms with van der Waals surface area (Å²) in [6.07, 6.45) is 16.2.